The predicted octanol–water partition coefficient (Wildman–Crippen LogP) is 7.54. The molecule has 0 bridgehead atoms. The average Bonchev–Trinajstić information content (AvgIpc) is 3.36. The molecular weight excluding hydrogens is 518 g/mol. The molecule has 0 aromatic carbocycles. The number of carbonyl (C=O) groups is 1. The van der Waals surface area contributed by atoms with Crippen molar-refractivity contribution >= 4 is 12.6 Å². The van der Waals surface area contributed by atoms with Crippen LogP contribution in [-0.2, 0) is 11.3 Å². The standard InChI is InChI=1S/C37H55N3O2/c1-24(2)26-12-18-36(31(42)40-23-25-11-9-10-22-39-25)21-20-33(5)27(30(26)36)13-19-37(38-8)34(6)16-15-29(41)32(3,4)28(34)14-17-35(33,37)7/h9-11,22,26-30,41H,1,8,12-21,23H2,2-7H3,(H,40,42)/t26-,27+,28-,29-,30+,33+,34-,35-,36-,37-/m0/s1. The quantitative estimate of drug-likeness (QED) is 0.282. The van der Waals surface area contributed by atoms with E-state index in [9.17, 15) is 9.90 Å². The van der Waals surface area contributed by atoms with E-state index in [0.717, 1.165) is 69.9 Å². The van der Waals surface area contributed by atoms with Crippen molar-refractivity contribution in [2.75, 3.05) is 0 Å². The number of nitrogens with one attached hydrogen (secondary N) is 1. The molecule has 1 aromatic rings. The van der Waals surface area contributed by atoms with Crippen LogP contribution >= 0.6 is 0 Å². The first-order valence-corrected chi connectivity index (χ1v) is 16.7. The van der Waals surface area contributed by atoms with Crippen LogP contribution in [-0.4, -0.2) is 34.4 Å². The smallest absolute Gasteiger partial charge is 0.226 e. The van der Waals surface area contributed by atoms with Gasteiger partial charge in [-0.2, -0.15) is 0 Å². The molecule has 0 spiro atoms. The summed E-state index contributed by atoms with van der Waals surface area (Å²) in [6.45, 7) is 23.8. The second-order valence-corrected chi connectivity index (χ2v) is 16.5. The van der Waals surface area contributed by atoms with E-state index in [1.165, 1.54) is 5.57 Å². The molecule has 1 heterocycles. The van der Waals surface area contributed by atoms with Gasteiger partial charge in [0.1, 0.15) is 0 Å². The molecule has 1 amide bonds. The van der Waals surface area contributed by atoms with Crippen LogP contribution in [0.3, 0.4) is 0 Å². The maximum Gasteiger partial charge on any atom is 0.226 e. The van der Waals surface area contributed by atoms with Gasteiger partial charge in [0.2, 0.25) is 5.91 Å². The molecule has 0 aliphatic heterocycles. The molecular formula is C37H55N3O2. The topological polar surface area (TPSA) is 74.6 Å². The van der Waals surface area contributed by atoms with Crippen molar-refractivity contribution in [1.82, 2.24) is 10.3 Å². The lowest BCUT2D eigenvalue weighted by Crippen LogP contribution is -2.75. The fraction of sp³-hybridized carbons (Fsp3) is 0.757. The molecule has 5 heteroatoms. The Morgan fingerprint density at radius 3 is 2.43 bits per heavy atom. The van der Waals surface area contributed by atoms with Crippen LogP contribution in [0.15, 0.2) is 41.5 Å². The predicted molar refractivity (Wildman–Crippen MR) is 170 cm³/mol. The van der Waals surface area contributed by atoms with Gasteiger partial charge in [0.25, 0.3) is 0 Å². The summed E-state index contributed by atoms with van der Waals surface area (Å²) in [5.41, 5.74) is 1.46. The number of aliphatic imine (C=N–C) groups is 1. The van der Waals surface area contributed by atoms with E-state index in [1.54, 1.807) is 6.20 Å². The van der Waals surface area contributed by atoms with Crippen molar-refractivity contribution in [3.63, 3.8) is 0 Å². The van der Waals surface area contributed by atoms with Gasteiger partial charge >= 0.3 is 0 Å². The molecule has 6 rings (SSSR count). The zero-order valence-corrected chi connectivity index (χ0v) is 27.1. The molecule has 5 fully saturated rings. The highest BCUT2D eigenvalue weighted by atomic mass is 16.3. The summed E-state index contributed by atoms with van der Waals surface area (Å²) < 4.78 is 0. The Balaban J connectivity index is 1.39. The number of pyridine rings is 1. The van der Waals surface area contributed by atoms with E-state index in [0.29, 0.717) is 30.2 Å². The van der Waals surface area contributed by atoms with Crippen molar-refractivity contribution < 1.29 is 9.90 Å². The van der Waals surface area contributed by atoms with Gasteiger partial charge in [0.05, 0.1) is 29.3 Å². The molecule has 0 radical (unpaired) electrons. The zero-order chi connectivity index (χ0) is 30.3. The molecule has 5 saturated carbocycles. The minimum atomic E-state index is -0.349. The number of aliphatic hydroxyl groups excluding tert-OH is 1. The molecule has 5 aliphatic carbocycles. The van der Waals surface area contributed by atoms with Gasteiger partial charge in [-0.05, 0) is 135 Å². The number of nitrogens with zero attached hydrogens (tertiary/aromatic N) is 2. The lowest BCUT2D eigenvalue weighted by molar-refractivity contribution is -0.255. The molecule has 1 aromatic heterocycles. The summed E-state index contributed by atoms with van der Waals surface area (Å²) in [7, 11) is 0. The monoisotopic (exact) mass is 573 g/mol. The minimum absolute atomic E-state index is 0.00349. The third-order valence-corrected chi connectivity index (χ3v) is 15.2. The van der Waals surface area contributed by atoms with Crippen molar-refractivity contribution in [3.8, 4) is 0 Å². The lowest BCUT2D eigenvalue weighted by Gasteiger charge is -2.76. The van der Waals surface area contributed by atoms with E-state index in [1.807, 2.05) is 18.2 Å². The number of hydrogen-bond donors (Lipinski definition) is 2. The van der Waals surface area contributed by atoms with Gasteiger partial charge in [0.15, 0.2) is 0 Å². The molecule has 42 heavy (non-hydrogen) atoms. The Bertz CT molecular complexity index is 1260. The summed E-state index contributed by atoms with van der Waals surface area (Å²) in [6.07, 6.45) is 11.7. The highest BCUT2D eigenvalue weighted by Crippen LogP contribution is 2.79. The maximum atomic E-state index is 14.3. The molecule has 10 atom stereocenters. The first kappa shape index (κ1) is 30.0. The number of aliphatic hydroxyl groups is 1. The van der Waals surface area contributed by atoms with E-state index in [4.69, 9.17) is 4.99 Å². The van der Waals surface area contributed by atoms with Gasteiger partial charge in [-0.15, -0.1) is 0 Å². The molecule has 5 nitrogen and oxygen atoms in total. The summed E-state index contributed by atoms with van der Waals surface area (Å²) in [5, 5.41) is 14.5. The molecule has 230 valence electrons. The van der Waals surface area contributed by atoms with Crippen LogP contribution in [0.5, 0.6) is 0 Å². The third-order valence-electron chi connectivity index (χ3n) is 15.2. The van der Waals surface area contributed by atoms with E-state index >= 15 is 0 Å². The van der Waals surface area contributed by atoms with Crippen molar-refractivity contribution in [2.45, 2.75) is 124 Å². The number of aromatic nitrogens is 1. The Morgan fingerprint density at radius 2 is 1.76 bits per heavy atom. The van der Waals surface area contributed by atoms with E-state index in [2.05, 4.69) is 65.1 Å². The number of allylic oxidation sites excluding steroid dienone is 1. The number of carbonyl (C=O) groups excluding carboxylic acids is 1. The summed E-state index contributed by atoms with van der Waals surface area (Å²) in [4.78, 5) is 24.1. The largest absolute Gasteiger partial charge is 0.393 e. The van der Waals surface area contributed by atoms with E-state index in [-0.39, 0.29) is 44.6 Å². The van der Waals surface area contributed by atoms with Crippen molar-refractivity contribution in [3.05, 3.63) is 42.2 Å². The highest BCUT2D eigenvalue weighted by Gasteiger charge is 2.77. The summed E-state index contributed by atoms with van der Waals surface area (Å²) in [6, 6.07) is 5.90. The van der Waals surface area contributed by atoms with Crippen molar-refractivity contribution in [2.24, 2.45) is 55.7 Å². The minimum Gasteiger partial charge on any atom is -0.393 e. The van der Waals surface area contributed by atoms with Crippen LogP contribution in [0, 0.1) is 50.7 Å². The van der Waals surface area contributed by atoms with Gasteiger partial charge in [-0.1, -0.05) is 52.8 Å². The number of rotatable bonds is 5. The van der Waals surface area contributed by atoms with Crippen LogP contribution in [0.2, 0.25) is 0 Å². The van der Waals surface area contributed by atoms with Crippen LogP contribution in [0.1, 0.15) is 111 Å². The van der Waals surface area contributed by atoms with Crippen LogP contribution in [0.25, 0.3) is 0 Å². The first-order chi connectivity index (χ1) is 19.7. The summed E-state index contributed by atoms with van der Waals surface area (Å²) in [5.74, 6) is 1.76. The fourth-order valence-corrected chi connectivity index (χ4v) is 12.7. The van der Waals surface area contributed by atoms with Crippen molar-refractivity contribution in [1.29, 1.82) is 0 Å². The normalized spacial score (nSPS) is 47.3. The average molecular weight is 574 g/mol. The van der Waals surface area contributed by atoms with Gasteiger partial charge < -0.3 is 10.4 Å². The summed E-state index contributed by atoms with van der Waals surface area (Å²) >= 11 is 0. The van der Waals surface area contributed by atoms with Crippen LogP contribution < -0.4 is 5.32 Å². The zero-order valence-electron chi connectivity index (χ0n) is 27.1. The van der Waals surface area contributed by atoms with Gasteiger partial charge in [0, 0.05) is 6.20 Å². The highest BCUT2D eigenvalue weighted by molar-refractivity contribution is 5.84. The Morgan fingerprint density at radius 1 is 1.00 bits per heavy atom. The van der Waals surface area contributed by atoms with E-state index < -0.39 is 0 Å². The SMILES string of the molecule is C=N[C@]12CC[C@@H]3[C@H]4[C@H](C(=C)C)CC[C@]4(C(=O)NCc4ccccn4)CC[C@@]3(C)[C@]1(C)CC[C@H]1C(C)(C)[C@@H](O)CC[C@@]12C. The Kier molecular flexibility index (Phi) is 6.97. The van der Waals surface area contributed by atoms with Gasteiger partial charge in [-0.3, -0.25) is 14.8 Å². The maximum absolute atomic E-state index is 14.3. The third kappa shape index (κ3) is 3.61. The molecule has 2 N–H and O–H groups in total. The Hall–Kier alpha value is -2.01. The second kappa shape index (κ2) is 9.74. The number of fused-ring (bicyclic) bond motifs is 7. The first-order valence-electron chi connectivity index (χ1n) is 16.7. The fourth-order valence-electron chi connectivity index (χ4n) is 12.7. The Labute approximate surface area is 254 Å². The number of hydrogen-bond acceptors (Lipinski definition) is 4. The molecule has 0 saturated heterocycles. The second-order valence-electron chi connectivity index (χ2n) is 16.5. The molecule has 0 unspecified atom stereocenters. The lowest BCUT2D eigenvalue weighted by atomic mass is 9.29. The molecule has 5 aliphatic rings. The van der Waals surface area contributed by atoms with Gasteiger partial charge in [-0.25, -0.2) is 0 Å². The number of amides is 1. The van der Waals surface area contributed by atoms with Crippen LogP contribution in [0.4, 0.5) is 0 Å².